The quantitative estimate of drug-likeness (QED) is 0.679. The molecule has 3 rings (SSSR count). The Balaban J connectivity index is 2.09. The number of rotatable bonds is 3. The molecule has 0 bridgehead atoms. The molecule has 1 atom stereocenters. The number of imidazole rings is 1. The van der Waals surface area contributed by atoms with Crippen molar-refractivity contribution in [2.45, 2.75) is 25.8 Å². The van der Waals surface area contributed by atoms with Crippen molar-refractivity contribution in [2.24, 2.45) is 0 Å². The zero-order valence-electron chi connectivity index (χ0n) is 11.5. The lowest BCUT2D eigenvalue weighted by molar-refractivity contribution is 0.740. The third-order valence-electron chi connectivity index (χ3n) is 3.35. The smallest absolute Gasteiger partial charge is 0.128 e. The summed E-state index contributed by atoms with van der Waals surface area (Å²) < 4.78 is 2.17. The highest BCUT2D eigenvalue weighted by Gasteiger charge is 2.14. The Labute approximate surface area is 123 Å². The predicted octanol–water partition coefficient (Wildman–Crippen LogP) is 4.09. The summed E-state index contributed by atoms with van der Waals surface area (Å²) >= 11 is 6.27. The summed E-state index contributed by atoms with van der Waals surface area (Å²) in [7, 11) is 0. The third-order valence-corrected chi connectivity index (χ3v) is 3.55. The van der Waals surface area contributed by atoms with Crippen molar-refractivity contribution < 1.29 is 0 Å². The van der Waals surface area contributed by atoms with Gasteiger partial charge < -0.3 is 4.57 Å². The molecule has 0 N–H and O–H groups in total. The summed E-state index contributed by atoms with van der Waals surface area (Å²) in [5.74, 6) is 0.897. The first kappa shape index (κ1) is 13.1. The fourth-order valence-corrected chi connectivity index (χ4v) is 2.51. The highest BCUT2D eigenvalue weighted by atomic mass is 35.5. The second-order valence-electron chi connectivity index (χ2n) is 4.97. The fraction of sp³-hybridized carbons (Fsp3) is 0.250. The van der Waals surface area contributed by atoms with Crippen LogP contribution in [0.15, 0.2) is 42.6 Å². The van der Waals surface area contributed by atoms with Crippen LogP contribution in [0.1, 0.15) is 29.4 Å². The second-order valence-corrected chi connectivity index (χ2v) is 5.62. The standard InChI is InChI=1S/C16H16ClN3/c1-11-7-8-13(9-18-11)10-20-15-6-4-3-5-14(15)19-16(20)12(2)17/h3-9,12H,10H2,1-2H3. The summed E-state index contributed by atoms with van der Waals surface area (Å²) in [5.41, 5.74) is 4.26. The van der Waals surface area contributed by atoms with E-state index in [1.165, 1.54) is 0 Å². The van der Waals surface area contributed by atoms with Crippen molar-refractivity contribution in [1.82, 2.24) is 14.5 Å². The molecule has 2 heterocycles. The molecule has 0 aliphatic carbocycles. The predicted molar refractivity (Wildman–Crippen MR) is 82.1 cm³/mol. The van der Waals surface area contributed by atoms with E-state index in [1.807, 2.05) is 44.3 Å². The Bertz CT molecular complexity index is 729. The molecule has 0 fully saturated rings. The minimum absolute atomic E-state index is 0.124. The number of aromatic nitrogens is 3. The van der Waals surface area contributed by atoms with E-state index in [0.717, 1.165) is 34.7 Å². The van der Waals surface area contributed by atoms with Crippen LogP contribution in [0.3, 0.4) is 0 Å². The monoisotopic (exact) mass is 285 g/mol. The van der Waals surface area contributed by atoms with Gasteiger partial charge in [-0.15, -0.1) is 11.6 Å². The largest absolute Gasteiger partial charge is 0.322 e. The molecule has 0 aliphatic rings. The first-order valence-electron chi connectivity index (χ1n) is 6.66. The van der Waals surface area contributed by atoms with Gasteiger partial charge in [-0.3, -0.25) is 4.98 Å². The molecule has 1 aromatic carbocycles. The normalized spacial score (nSPS) is 12.8. The van der Waals surface area contributed by atoms with Gasteiger partial charge in [0.25, 0.3) is 0 Å². The molecule has 3 aromatic rings. The minimum atomic E-state index is -0.124. The summed E-state index contributed by atoms with van der Waals surface area (Å²) in [5, 5.41) is -0.124. The van der Waals surface area contributed by atoms with E-state index >= 15 is 0 Å². The molecule has 0 amide bonds. The van der Waals surface area contributed by atoms with E-state index in [9.17, 15) is 0 Å². The van der Waals surface area contributed by atoms with Crippen LogP contribution >= 0.6 is 11.6 Å². The van der Waals surface area contributed by atoms with Crippen molar-refractivity contribution in [3.63, 3.8) is 0 Å². The van der Waals surface area contributed by atoms with Gasteiger partial charge in [0.1, 0.15) is 5.82 Å². The molecule has 4 heteroatoms. The Hall–Kier alpha value is -1.87. The molecule has 0 saturated carbocycles. The molecule has 0 aliphatic heterocycles. The zero-order valence-corrected chi connectivity index (χ0v) is 12.3. The van der Waals surface area contributed by atoms with Crippen molar-refractivity contribution in [3.05, 3.63) is 59.7 Å². The number of alkyl halides is 1. The maximum absolute atomic E-state index is 6.27. The molecular weight excluding hydrogens is 270 g/mol. The van der Waals surface area contributed by atoms with E-state index in [0.29, 0.717) is 0 Å². The van der Waals surface area contributed by atoms with Crippen LogP contribution in [0, 0.1) is 6.92 Å². The molecule has 0 radical (unpaired) electrons. The summed E-state index contributed by atoms with van der Waals surface area (Å²) in [6.07, 6.45) is 1.91. The van der Waals surface area contributed by atoms with Gasteiger partial charge in [-0.1, -0.05) is 18.2 Å². The van der Waals surface area contributed by atoms with Gasteiger partial charge in [-0.2, -0.15) is 0 Å². The van der Waals surface area contributed by atoms with Gasteiger partial charge in [0.05, 0.1) is 23.0 Å². The highest BCUT2D eigenvalue weighted by molar-refractivity contribution is 6.20. The van der Waals surface area contributed by atoms with Crippen LogP contribution in [0.5, 0.6) is 0 Å². The molecule has 1 unspecified atom stereocenters. The Kier molecular flexibility index (Phi) is 3.45. The van der Waals surface area contributed by atoms with E-state index < -0.39 is 0 Å². The average Bonchev–Trinajstić information content (AvgIpc) is 2.81. The van der Waals surface area contributed by atoms with Gasteiger partial charge >= 0.3 is 0 Å². The fourth-order valence-electron chi connectivity index (χ4n) is 2.34. The zero-order chi connectivity index (χ0) is 14.1. The molecule has 20 heavy (non-hydrogen) atoms. The maximum Gasteiger partial charge on any atom is 0.128 e. The van der Waals surface area contributed by atoms with Crippen molar-refractivity contribution in [3.8, 4) is 0 Å². The number of hydrogen-bond donors (Lipinski definition) is 0. The maximum atomic E-state index is 6.27. The van der Waals surface area contributed by atoms with Gasteiger partial charge in [-0.05, 0) is 37.6 Å². The molecule has 2 aromatic heterocycles. The first-order valence-corrected chi connectivity index (χ1v) is 7.09. The number of nitrogens with zero attached hydrogens (tertiary/aromatic N) is 3. The van der Waals surface area contributed by atoms with Crippen LogP contribution in [0.2, 0.25) is 0 Å². The summed E-state index contributed by atoms with van der Waals surface area (Å²) in [4.78, 5) is 8.98. The lowest BCUT2D eigenvalue weighted by Crippen LogP contribution is -2.06. The van der Waals surface area contributed by atoms with Crippen LogP contribution in [-0.2, 0) is 6.54 Å². The van der Waals surface area contributed by atoms with E-state index in [-0.39, 0.29) is 5.38 Å². The lowest BCUT2D eigenvalue weighted by atomic mass is 10.2. The highest BCUT2D eigenvalue weighted by Crippen LogP contribution is 2.25. The second kappa shape index (κ2) is 5.25. The third kappa shape index (κ3) is 2.41. The van der Waals surface area contributed by atoms with Crippen LogP contribution < -0.4 is 0 Å². The van der Waals surface area contributed by atoms with E-state index in [1.54, 1.807) is 0 Å². The van der Waals surface area contributed by atoms with Gasteiger partial charge in [0, 0.05) is 11.9 Å². The topological polar surface area (TPSA) is 30.7 Å². The van der Waals surface area contributed by atoms with Crippen LogP contribution in [-0.4, -0.2) is 14.5 Å². The summed E-state index contributed by atoms with van der Waals surface area (Å²) in [6, 6.07) is 12.2. The molecule has 3 nitrogen and oxygen atoms in total. The number of para-hydroxylation sites is 2. The Morgan fingerprint density at radius 3 is 2.70 bits per heavy atom. The first-order chi connectivity index (χ1) is 9.65. The average molecular weight is 286 g/mol. The number of hydrogen-bond acceptors (Lipinski definition) is 2. The molecule has 102 valence electrons. The number of pyridine rings is 1. The Morgan fingerprint density at radius 2 is 2.00 bits per heavy atom. The summed E-state index contributed by atoms with van der Waals surface area (Å²) in [6.45, 7) is 4.68. The Morgan fingerprint density at radius 1 is 1.20 bits per heavy atom. The molecule has 0 saturated heterocycles. The minimum Gasteiger partial charge on any atom is -0.322 e. The van der Waals surface area contributed by atoms with Crippen LogP contribution in [0.4, 0.5) is 0 Å². The van der Waals surface area contributed by atoms with Crippen molar-refractivity contribution >= 4 is 22.6 Å². The van der Waals surface area contributed by atoms with Gasteiger partial charge in [0.2, 0.25) is 0 Å². The number of aryl methyl sites for hydroxylation is 1. The molecule has 0 spiro atoms. The van der Waals surface area contributed by atoms with Gasteiger partial charge in [-0.25, -0.2) is 4.98 Å². The number of benzene rings is 1. The van der Waals surface area contributed by atoms with Gasteiger partial charge in [0.15, 0.2) is 0 Å². The molecular formula is C16H16ClN3. The SMILES string of the molecule is Cc1ccc(Cn2c(C(C)Cl)nc3ccccc32)cn1. The van der Waals surface area contributed by atoms with Crippen molar-refractivity contribution in [1.29, 1.82) is 0 Å². The number of fused-ring (bicyclic) bond motifs is 1. The number of halogens is 1. The lowest BCUT2D eigenvalue weighted by Gasteiger charge is -2.10. The van der Waals surface area contributed by atoms with Crippen molar-refractivity contribution in [2.75, 3.05) is 0 Å². The van der Waals surface area contributed by atoms with E-state index in [2.05, 4.69) is 26.7 Å². The van der Waals surface area contributed by atoms with Crippen LogP contribution in [0.25, 0.3) is 11.0 Å². The van der Waals surface area contributed by atoms with E-state index in [4.69, 9.17) is 11.6 Å².